The third-order valence-electron chi connectivity index (χ3n) is 4.31. The molecule has 0 heterocycles. The van der Waals surface area contributed by atoms with Gasteiger partial charge in [-0.2, -0.15) is 0 Å². The van der Waals surface area contributed by atoms with Crippen LogP contribution in [0.4, 0.5) is 4.39 Å². The van der Waals surface area contributed by atoms with E-state index in [-0.39, 0.29) is 5.82 Å². The Bertz CT molecular complexity index is 870. The van der Waals surface area contributed by atoms with Crippen LogP contribution in [0.15, 0.2) is 48.5 Å². The third kappa shape index (κ3) is 1.79. The first kappa shape index (κ1) is 12.3. The molecule has 1 aliphatic rings. The summed E-state index contributed by atoms with van der Waals surface area (Å²) in [5.74, 6) is -0.321. The minimum Gasteiger partial charge on any atom is -0.298 e. The van der Waals surface area contributed by atoms with E-state index in [1.54, 1.807) is 6.07 Å². The van der Waals surface area contributed by atoms with Crippen molar-refractivity contribution in [3.63, 3.8) is 0 Å². The molecular formula is C19H13FO. The first-order chi connectivity index (χ1) is 10.3. The van der Waals surface area contributed by atoms with E-state index in [0.29, 0.717) is 11.1 Å². The molecule has 0 unspecified atom stereocenters. The molecule has 0 fully saturated rings. The van der Waals surface area contributed by atoms with Gasteiger partial charge in [0, 0.05) is 5.56 Å². The largest absolute Gasteiger partial charge is 0.298 e. The zero-order chi connectivity index (χ0) is 14.4. The molecule has 0 N–H and O–H groups in total. The maximum Gasteiger partial charge on any atom is 0.150 e. The molecule has 4 rings (SSSR count). The highest BCUT2D eigenvalue weighted by Crippen LogP contribution is 2.38. The molecule has 0 radical (unpaired) electrons. The lowest BCUT2D eigenvalue weighted by molar-refractivity contribution is 0.112. The highest BCUT2D eigenvalue weighted by atomic mass is 19.1. The van der Waals surface area contributed by atoms with Crippen LogP contribution in [0.3, 0.4) is 0 Å². The summed E-state index contributed by atoms with van der Waals surface area (Å²) in [6.45, 7) is 0. The average Bonchev–Trinajstić information content (AvgIpc) is 2.93. The van der Waals surface area contributed by atoms with Crippen molar-refractivity contribution in [1.82, 2.24) is 0 Å². The normalized spacial score (nSPS) is 12.8. The number of aryl methyl sites for hydroxylation is 2. The molecule has 21 heavy (non-hydrogen) atoms. The van der Waals surface area contributed by atoms with Crippen LogP contribution in [0.25, 0.3) is 21.9 Å². The van der Waals surface area contributed by atoms with Crippen molar-refractivity contribution >= 4 is 17.1 Å². The van der Waals surface area contributed by atoms with E-state index in [4.69, 9.17) is 0 Å². The Morgan fingerprint density at radius 1 is 0.905 bits per heavy atom. The Labute approximate surface area is 122 Å². The quantitative estimate of drug-likeness (QED) is 0.627. The summed E-state index contributed by atoms with van der Waals surface area (Å²) < 4.78 is 13.6. The number of aldehydes is 1. The molecule has 0 bridgehead atoms. The van der Waals surface area contributed by atoms with Crippen LogP contribution in [0.1, 0.15) is 21.5 Å². The van der Waals surface area contributed by atoms with Crippen molar-refractivity contribution in [1.29, 1.82) is 0 Å². The summed E-state index contributed by atoms with van der Waals surface area (Å²) >= 11 is 0. The van der Waals surface area contributed by atoms with Gasteiger partial charge in [-0.3, -0.25) is 4.79 Å². The minimum atomic E-state index is -0.321. The molecule has 3 aromatic carbocycles. The summed E-state index contributed by atoms with van der Waals surface area (Å²) in [6, 6.07) is 14.7. The highest BCUT2D eigenvalue weighted by molar-refractivity contribution is 6.04. The number of carbonyl (C=O) groups is 1. The number of benzene rings is 3. The van der Waals surface area contributed by atoms with Crippen LogP contribution in [-0.4, -0.2) is 6.29 Å². The SMILES string of the molecule is O=Cc1ccc(F)cc1-c1ccc2c3c(cccc13)CC2. The van der Waals surface area contributed by atoms with Gasteiger partial charge in [0.15, 0.2) is 6.29 Å². The maximum atomic E-state index is 13.6. The Kier molecular flexibility index (Phi) is 2.64. The van der Waals surface area contributed by atoms with Crippen LogP contribution in [-0.2, 0) is 12.8 Å². The fourth-order valence-electron chi connectivity index (χ4n) is 3.35. The van der Waals surface area contributed by atoms with Crippen molar-refractivity contribution in [2.24, 2.45) is 0 Å². The fourth-order valence-corrected chi connectivity index (χ4v) is 3.35. The molecule has 1 nitrogen and oxygen atoms in total. The first-order valence-electron chi connectivity index (χ1n) is 7.06. The van der Waals surface area contributed by atoms with E-state index in [0.717, 1.165) is 30.1 Å². The predicted molar refractivity (Wildman–Crippen MR) is 82.1 cm³/mol. The van der Waals surface area contributed by atoms with Gasteiger partial charge in [-0.25, -0.2) is 4.39 Å². The molecule has 0 saturated heterocycles. The standard InChI is InChI=1S/C19H13FO/c20-15-8-6-14(11-21)18(10-15)16-9-7-13-5-4-12-2-1-3-17(16)19(12)13/h1-3,6-11H,4-5H2. The van der Waals surface area contributed by atoms with Crippen LogP contribution < -0.4 is 0 Å². The molecule has 0 saturated carbocycles. The average molecular weight is 276 g/mol. The summed E-state index contributed by atoms with van der Waals surface area (Å²) in [5.41, 5.74) is 4.80. The molecule has 0 aromatic heterocycles. The summed E-state index contributed by atoms with van der Waals surface area (Å²) in [6.07, 6.45) is 2.90. The smallest absolute Gasteiger partial charge is 0.150 e. The van der Waals surface area contributed by atoms with Crippen molar-refractivity contribution < 1.29 is 9.18 Å². The van der Waals surface area contributed by atoms with Crippen LogP contribution in [0.2, 0.25) is 0 Å². The van der Waals surface area contributed by atoms with E-state index >= 15 is 0 Å². The van der Waals surface area contributed by atoms with Gasteiger partial charge in [0.05, 0.1) is 0 Å². The van der Waals surface area contributed by atoms with E-state index in [1.807, 2.05) is 12.1 Å². The molecular weight excluding hydrogens is 263 g/mol. The molecule has 0 amide bonds. The predicted octanol–water partition coefficient (Wildman–Crippen LogP) is 4.56. The van der Waals surface area contributed by atoms with Gasteiger partial charge in [-0.1, -0.05) is 30.3 Å². The number of halogens is 1. The monoisotopic (exact) mass is 276 g/mol. The maximum absolute atomic E-state index is 13.6. The van der Waals surface area contributed by atoms with Gasteiger partial charge >= 0.3 is 0 Å². The Hall–Kier alpha value is -2.48. The Morgan fingerprint density at radius 2 is 1.71 bits per heavy atom. The molecule has 102 valence electrons. The van der Waals surface area contributed by atoms with Crippen molar-refractivity contribution in [3.05, 3.63) is 71.0 Å². The lowest BCUT2D eigenvalue weighted by Crippen LogP contribution is -1.91. The van der Waals surface area contributed by atoms with Gasteiger partial charge in [-0.15, -0.1) is 0 Å². The van der Waals surface area contributed by atoms with Gasteiger partial charge in [0.2, 0.25) is 0 Å². The van der Waals surface area contributed by atoms with Gasteiger partial charge < -0.3 is 0 Å². The number of carbonyl (C=O) groups excluding carboxylic acids is 1. The number of rotatable bonds is 2. The van der Waals surface area contributed by atoms with Crippen molar-refractivity contribution in [3.8, 4) is 11.1 Å². The lowest BCUT2D eigenvalue weighted by Gasteiger charge is -2.11. The molecule has 0 atom stereocenters. The fraction of sp³-hybridized carbons (Fsp3) is 0.105. The third-order valence-corrected chi connectivity index (χ3v) is 4.31. The van der Waals surface area contributed by atoms with Gasteiger partial charge in [0.25, 0.3) is 0 Å². The summed E-state index contributed by atoms with van der Waals surface area (Å²) in [4.78, 5) is 11.3. The Balaban J connectivity index is 2.09. The zero-order valence-electron chi connectivity index (χ0n) is 11.4. The van der Waals surface area contributed by atoms with Gasteiger partial charge in [0.1, 0.15) is 5.82 Å². The minimum absolute atomic E-state index is 0.321. The van der Waals surface area contributed by atoms with Crippen molar-refractivity contribution in [2.75, 3.05) is 0 Å². The zero-order valence-corrected chi connectivity index (χ0v) is 11.4. The van der Waals surface area contributed by atoms with E-state index < -0.39 is 0 Å². The second kappa shape index (κ2) is 4.52. The summed E-state index contributed by atoms with van der Waals surface area (Å²) in [7, 11) is 0. The van der Waals surface area contributed by atoms with Crippen LogP contribution in [0.5, 0.6) is 0 Å². The lowest BCUT2D eigenvalue weighted by atomic mass is 9.93. The second-order valence-electron chi connectivity index (χ2n) is 5.46. The van der Waals surface area contributed by atoms with E-state index in [1.165, 1.54) is 28.6 Å². The van der Waals surface area contributed by atoms with E-state index in [2.05, 4.69) is 18.2 Å². The number of hydrogen-bond donors (Lipinski definition) is 0. The molecule has 0 aliphatic heterocycles. The van der Waals surface area contributed by atoms with Crippen molar-refractivity contribution in [2.45, 2.75) is 12.8 Å². The molecule has 3 aromatic rings. The van der Waals surface area contributed by atoms with E-state index in [9.17, 15) is 9.18 Å². The summed E-state index contributed by atoms with van der Waals surface area (Å²) in [5, 5.41) is 2.38. The highest BCUT2D eigenvalue weighted by Gasteiger charge is 2.17. The molecule has 2 heteroatoms. The van der Waals surface area contributed by atoms with Crippen LogP contribution >= 0.6 is 0 Å². The topological polar surface area (TPSA) is 17.1 Å². The number of hydrogen-bond acceptors (Lipinski definition) is 1. The molecule has 0 spiro atoms. The van der Waals surface area contributed by atoms with Crippen LogP contribution in [0, 0.1) is 5.82 Å². The second-order valence-corrected chi connectivity index (χ2v) is 5.46. The molecule has 1 aliphatic carbocycles. The van der Waals surface area contributed by atoms with Gasteiger partial charge in [-0.05, 0) is 64.1 Å². The first-order valence-corrected chi connectivity index (χ1v) is 7.06. The Morgan fingerprint density at radius 3 is 2.52 bits per heavy atom.